The number of nitro benzene ring substituents is 1. The molecule has 0 radical (unpaired) electrons. The predicted molar refractivity (Wildman–Crippen MR) is 86.8 cm³/mol. The van der Waals surface area contributed by atoms with E-state index in [4.69, 9.17) is 4.74 Å². The average Bonchev–Trinajstić information content (AvgIpc) is 2.48. The van der Waals surface area contributed by atoms with Gasteiger partial charge in [0.05, 0.1) is 9.40 Å². The lowest BCUT2D eigenvalue weighted by Gasteiger charge is -2.37. The van der Waals surface area contributed by atoms with E-state index >= 15 is 0 Å². The Morgan fingerprint density at radius 2 is 2.09 bits per heavy atom. The number of hydrogen-bond donors (Lipinski definition) is 0. The summed E-state index contributed by atoms with van der Waals surface area (Å²) in [6.07, 6.45) is 1.59. The van der Waals surface area contributed by atoms with Gasteiger partial charge in [-0.15, -0.1) is 0 Å². The summed E-state index contributed by atoms with van der Waals surface area (Å²) in [6, 6.07) is 2.65. The number of benzene rings is 1. The summed E-state index contributed by atoms with van der Waals surface area (Å²) in [4.78, 5) is 12.9. The molecule has 0 saturated carbocycles. The molecule has 1 aromatic carbocycles. The first-order valence-corrected chi connectivity index (χ1v) is 8.17. The molecule has 122 valence electrons. The van der Waals surface area contributed by atoms with Gasteiger partial charge in [0, 0.05) is 37.9 Å². The molecule has 0 N–H and O–H groups in total. The van der Waals surface area contributed by atoms with Gasteiger partial charge in [0.2, 0.25) is 0 Å². The van der Waals surface area contributed by atoms with Crippen LogP contribution >= 0.6 is 15.9 Å². The van der Waals surface area contributed by atoms with Crippen molar-refractivity contribution in [2.75, 3.05) is 24.7 Å². The maximum absolute atomic E-state index is 14.0. The summed E-state index contributed by atoms with van der Waals surface area (Å²) in [5.74, 6) is -0.171. The normalized spacial score (nSPS) is 16.0. The van der Waals surface area contributed by atoms with Crippen LogP contribution < -0.4 is 4.90 Å². The van der Waals surface area contributed by atoms with E-state index in [2.05, 4.69) is 15.9 Å². The van der Waals surface area contributed by atoms with E-state index in [9.17, 15) is 14.5 Å². The molecular weight excluding hydrogens is 355 g/mol. The van der Waals surface area contributed by atoms with Crippen molar-refractivity contribution in [2.45, 2.75) is 32.7 Å². The van der Waals surface area contributed by atoms with E-state index in [1.54, 1.807) is 0 Å². The van der Waals surface area contributed by atoms with Gasteiger partial charge in [-0.1, -0.05) is 13.8 Å². The highest BCUT2D eigenvalue weighted by molar-refractivity contribution is 9.10. The van der Waals surface area contributed by atoms with Gasteiger partial charge in [-0.25, -0.2) is 4.39 Å². The van der Waals surface area contributed by atoms with Crippen LogP contribution in [0.25, 0.3) is 0 Å². The zero-order valence-electron chi connectivity index (χ0n) is 12.7. The molecule has 1 saturated heterocycles. The van der Waals surface area contributed by atoms with Crippen molar-refractivity contribution in [1.82, 2.24) is 0 Å². The molecule has 1 heterocycles. The summed E-state index contributed by atoms with van der Waals surface area (Å²) >= 11 is 3.03. The van der Waals surface area contributed by atoms with Crippen LogP contribution in [0.4, 0.5) is 15.8 Å². The molecule has 1 fully saturated rings. The second kappa shape index (κ2) is 7.37. The number of ether oxygens (including phenoxy) is 1. The van der Waals surface area contributed by atoms with Crippen molar-refractivity contribution >= 4 is 27.3 Å². The lowest BCUT2D eigenvalue weighted by atomic mass is 10.0. The highest BCUT2D eigenvalue weighted by Crippen LogP contribution is 2.36. The summed E-state index contributed by atoms with van der Waals surface area (Å²) in [5.41, 5.74) is 0.284. The minimum absolute atomic E-state index is 0.0691. The van der Waals surface area contributed by atoms with Crippen LogP contribution in [0, 0.1) is 21.8 Å². The molecule has 2 rings (SSSR count). The zero-order chi connectivity index (χ0) is 16.3. The summed E-state index contributed by atoms with van der Waals surface area (Å²) in [7, 11) is 0. The molecule has 5 nitrogen and oxygen atoms in total. The van der Waals surface area contributed by atoms with Crippen LogP contribution in [0.2, 0.25) is 0 Å². The number of nitrogens with zero attached hydrogens (tertiary/aromatic N) is 2. The molecule has 1 aliphatic rings. The van der Waals surface area contributed by atoms with E-state index in [0.29, 0.717) is 31.4 Å². The third-order valence-electron chi connectivity index (χ3n) is 3.72. The number of hydrogen-bond acceptors (Lipinski definition) is 4. The minimum atomic E-state index is -0.485. The number of anilines is 1. The molecule has 22 heavy (non-hydrogen) atoms. The van der Waals surface area contributed by atoms with Crippen molar-refractivity contribution in [3.8, 4) is 0 Å². The van der Waals surface area contributed by atoms with E-state index in [1.807, 2.05) is 18.7 Å². The molecule has 7 heteroatoms. The Bertz CT molecular complexity index is 548. The second-order valence-corrected chi connectivity index (χ2v) is 6.76. The van der Waals surface area contributed by atoms with Crippen LogP contribution in [0.5, 0.6) is 0 Å². The van der Waals surface area contributed by atoms with Crippen LogP contribution in [-0.4, -0.2) is 30.7 Å². The fourth-order valence-electron chi connectivity index (χ4n) is 2.74. The lowest BCUT2D eigenvalue weighted by molar-refractivity contribution is -0.384. The Balaban J connectivity index is 2.45. The maximum atomic E-state index is 14.0. The Kier molecular flexibility index (Phi) is 5.74. The summed E-state index contributed by atoms with van der Waals surface area (Å²) in [5, 5.41) is 11.4. The predicted octanol–water partition coefficient (Wildman–Crippen LogP) is 4.14. The van der Waals surface area contributed by atoms with Crippen LogP contribution in [0.15, 0.2) is 16.6 Å². The number of nitro groups is 1. The van der Waals surface area contributed by atoms with E-state index in [1.165, 1.54) is 12.1 Å². The van der Waals surface area contributed by atoms with Gasteiger partial charge in [0.15, 0.2) is 0 Å². The number of rotatable bonds is 5. The topological polar surface area (TPSA) is 55.6 Å². The van der Waals surface area contributed by atoms with Crippen molar-refractivity contribution in [2.24, 2.45) is 5.92 Å². The average molecular weight is 375 g/mol. The molecule has 0 aromatic heterocycles. The highest BCUT2D eigenvalue weighted by Gasteiger charge is 2.29. The fraction of sp³-hybridized carbons (Fsp3) is 0.600. The molecule has 0 amide bonds. The maximum Gasteiger partial charge on any atom is 0.293 e. The van der Waals surface area contributed by atoms with Gasteiger partial charge in [0.25, 0.3) is 5.69 Å². The first-order chi connectivity index (χ1) is 10.4. The molecule has 0 atom stereocenters. The SMILES string of the molecule is CC(C)CN(c1cc(F)c(Br)cc1[N+](=O)[O-])C1CCOCC1. The Hall–Kier alpha value is -1.21. The molecule has 0 spiro atoms. The van der Waals surface area contributed by atoms with Crippen LogP contribution in [0.1, 0.15) is 26.7 Å². The molecule has 1 aliphatic heterocycles. The van der Waals surface area contributed by atoms with E-state index in [0.717, 1.165) is 12.8 Å². The Morgan fingerprint density at radius 3 is 2.64 bits per heavy atom. The minimum Gasteiger partial charge on any atom is -0.381 e. The molecule has 0 bridgehead atoms. The third kappa shape index (κ3) is 3.95. The van der Waals surface area contributed by atoms with Crippen molar-refractivity contribution in [3.63, 3.8) is 0 Å². The van der Waals surface area contributed by atoms with Crippen molar-refractivity contribution in [3.05, 3.63) is 32.5 Å². The van der Waals surface area contributed by atoms with E-state index < -0.39 is 10.7 Å². The largest absolute Gasteiger partial charge is 0.381 e. The number of halogens is 2. The third-order valence-corrected chi connectivity index (χ3v) is 4.32. The monoisotopic (exact) mass is 374 g/mol. The van der Waals surface area contributed by atoms with Gasteiger partial charge < -0.3 is 9.64 Å². The van der Waals surface area contributed by atoms with Gasteiger partial charge in [0.1, 0.15) is 11.5 Å². The summed E-state index contributed by atoms with van der Waals surface area (Å²) < 4.78 is 19.4. The van der Waals surface area contributed by atoms with Crippen LogP contribution in [0.3, 0.4) is 0 Å². The van der Waals surface area contributed by atoms with E-state index in [-0.39, 0.29) is 16.2 Å². The standard InChI is InChI=1S/C15H20BrFN2O3/c1-10(2)9-18(11-3-5-22-6-4-11)14-8-13(17)12(16)7-15(14)19(20)21/h7-8,10-11H,3-6,9H2,1-2H3. The second-order valence-electron chi connectivity index (χ2n) is 5.90. The smallest absolute Gasteiger partial charge is 0.293 e. The highest BCUT2D eigenvalue weighted by atomic mass is 79.9. The molecule has 0 aliphatic carbocycles. The Labute approximate surface area is 137 Å². The molecule has 0 unspecified atom stereocenters. The quantitative estimate of drug-likeness (QED) is 0.574. The zero-order valence-corrected chi connectivity index (χ0v) is 14.3. The van der Waals surface area contributed by atoms with Crippen LogP contribution in [-0.2, 0) is 4.74 Å². The van der Waals surface area contributed by atoms with Crippen molar-refractivity contribution < 1.29 is 14.1 Å². The van der Waals surface area contributed by atoms with Gasteiger partial charge >= 0.3 is 0 Å². The van der Waals surface area contributed by atoms with Gasteiger partial charge in [-0.3, -0.25) is 10.1 Å². The molecule has 1 aromatic rings. The van der Waals surface area contributed by atoms with Crippen molar-refractivity contribution in [1.29, 1.82) is 0 Å². The fourth-order valence-corrected chi connectivity index (χ4v) is 3.07. The first kappa shape index (κ1) is 17.1. The molecular formula is C15H20BrFN2O3. The Morgan fingerprint density at radius 1 is 1.45 bits per heavy atom. The van der Waals surface area contributed by atoms with Gasteiger partial charge in [-0.05, 0) is 34.7 Å². The van der Waals surface area contributed by atoms with Gasteiger partial charge in [-0.2, -0.15) is 0 Å². The summed E-state index contributed by atoms with van der Waals surface area (Å²) in [6.45, 7) is 6.01. The first-order valence-electron chi connectivity index (χ1n) is 7.38. The lowest BCUT2D eigenvalue weighted by Crippen LogP contribution is -2.42.